The van der Waals surface area contributed by atoms with Crippen LogP contribution in [0.4, 0.5) is 0 Å². The van der Waals surface area contributed by atoms with E-state index in [0.29, 0.717) is 16.7 Å². The van der Waals surface area contributed by atoms with Gasteiger partial charge in [-0.2, -0.15) is 0 Å². The van der Waals surface area contributed by atoms with Gasteiger partial charge >= 0.3 is 0 Å². The minimum absolute atomic E-state index is 0.0649. The van der Waals surface area contributed by atoms with Crippen molar-refractivity contribution >= 4 is 11.7 Å². The Balaban J connectivity index is 1.71. The molecule has 0 heterocycles. The van der Waals surface area contributed by atoms with Gasteiger partial charge in [0, 0.05) is 22.3 Å². The fraction of sp³-hybridized carbons (Fsp3) is 0.130. The van der Waals surface area contributed by atoms with Gasteiger partial charge in [-0.25, -0.2) is 0 Å². The molecule has 1 amide bonds. The summed E-state index contributed by atoms with van der Waals surface area (Å²) in [5.74, 6) is 0.464. The summed E-state index contributed by atoms with van der Waals surface area (Å²) in [6, 6.07) is 23.1. The normalized spacial score (nSPS) is 11.5. The number of rotatable bonds is 6. The number of ether oxygens (including phenoxy) is 1. The molecule has 136 valence electrons. The van der Waals surface area contributed by atoms with Crippen molar-refractivity contribution in [3.63, 3.8) is 0 Å². The van der Waals surface area contributed by atoms with Crippen LogP contribution >= 0.6 is 0 Å². The summed E-state index contributed by atoms with van der Waals surface area (Å²) >= 11 is 0. The first-order valence-corrected chi connectivity index (χ1v) is 8.73. The number of methoxy groups -OCH3 is 1. The highest BCUT2D eigenvalue weighted by Gasteiger charge is 2.15. The number of hydrogen-bond acceptors (Lipinski definition) is 3. The predicted octanol–water partition coefficient (Wildman–Crippen LogP) is 4.42. The van der Waals surface area contributed by atoms with Crippen molar-refractivity contribution in [2.45, 2.75) is 13.0 Å². The number of hydrogen-bond donors (Lipinski definition) is 1. The highest BCUT2D eigenvalue weighted by molar-refractivity contribution is 6.09. The number of carbonyl (C=O) groups excluding carboxylic acids is 2. The van der Waals surface area contributed by atoms with Gasteiger partial charge in [0.25, 0.3) is 5.91 Å². The Bertz CT molecular complexity index is 933. The number of amides is 1. The smallest absolute Gasteiger partial charge is 0.251 e. The Morgan fingerprint density at radius 3 is 2.00 bits per heavy atom. The zero-order valence-corrected chi connectivity index (χ0v) is 15.3. The molecule has 0 aliphatic carbocycles. The third kappa shape index (κ3) is 4.23. The molecule has 4 heteroatoms. The van der Waals surface area contributed by atoms with Crippen molar-refractivity contribution < 1.29 is 14.3 Å². The van der Waals surface area contributed by atoms with Gasteiger partial charge in [0.1, 0.15) is 5.75 Å². The average Bonchev–Trinajstić information content (AvgIpc) is 2.73. The molecule has 0 saturated heterocycles. The number of benzene rings is 3. The van der Waals surface area contributed by atoms with Crippen molar-refractivity contribution in [3.8, 4) is 5.75 Å². The molecule has 27 heavy (non-hydrogen) atoms. The quantitative estimate of drug-likeness (QED) is 0.663. The second kappa shape index (κ2) is 8.32. The lowest BCUT2D eigenvalue weighted by Crippen LogP contribution is -2.27. The summed E-state index contributed by atoms with van der Waals surface area (Å²) in [5.41, 5.74) is 2.58. The van der Waals surface area contributed by atoms with Crippen LogP contribution in [0.15, 0.2) is 78.9 Å². The van der Waals surface area contributed by atoms with E-state index in [1.807, 2.05) is 49.4 Å². The fourth-order valence-electron chi connectivity index (χ4n) is 2.91. The second-order valence-corrected chi connectivity index (χ2v) is 6.21. The van der Waals surface area contributed by atoms with Gasteiger partial charge in [-0.1, -0.05) is 60.7 Å². The summed E-state index contributed by atoms with van der Waals surface area (Å²) < 4.78 is 5.35. The van der Waals surface area contributed by atoms with Crippen LogP contribution in [0.3, 0.4) is 0 Å². The average molecular weight is 359 g/mol. The molecular weight excluding hydrogens is 338 g/mol. The largest absolute Gasteiger partial charge is 0.496 e. The molecular formula is C23H21NO3. The Morgan fingerprint density at radius 2 is 1.33 bits per heavy atom. The van der Waals surface area contributed by atoms with Gasteiger partial charge in [-0.3, -0.25) is 9.59 Å². The van der Waals surface area contributed by atoms with Crippen molar-refractivity contribution in [2.75, 3.05) is 7.11 Å². The Labute approximate surface area is 158 Å². The molecule has 0 radical (unpaired) electrons. The molecule has 0 saturated carbocycles. The summed E-state index contributed by atoms with van der Waals surface area (Å²) in [6.07, 6.45) is 0. The van der Waals surface area contributed by atoms with Crippen LogP contribution in [-0.2, 0) is 0 Å². The summed E-state index contributed by atoms with van der Waals surface area (Å²) in [6.45, 7) is 1.91. The highest BCUT2D eigenvalue weighted by Crippen LogP contribution is 2.24. The minimum Gasteiger partial charge on any atom is -0.496 e. The molecule has 1 atom stereocenters. The SMILES string of the molecule is COc1ccccc1C(C)NC(=O)c1ccc(C(=O)c2ccccc2)cc1. The summed E-state index contributed by atoms with van der Waals surface area (Å²) in [5, 5.41) is 2.96. The number of para-hydroxylation sites is 1. The lowest BCUT2D eigenvalue weighted by molar-refractivity contribution is 0.0938. The van der Waals surface area contributed by atoms with Crippen molar-refractivity contribution in [2.24, 2.45) is 0 Å². The first-order chi connectivity index (χ1) is 13.1. The van der Waals surface area contributed by atoms with E-state index in [9.17, 15) is 9.59 Å². The maximum Gasteiger partial charge on any atom is 0.251 e. The van der Waals surface area contributed by atoms with Crippen LogP contribution in [-0.4, -0.2) is 18.8 Å². The first-order valence-electron chi connectivity index (χ1n) is 8.73. The van der Waals surface area contributed by atoms with Crippen molar-refractivity contribution in [1.29, 1.82) is 0 Å². The van der Waals surface area contributed by atoms with E-state index in [2.05, 4.69) is 5.32 Å². The van der Waals surface area contributed by atoms with E-state index in [1.165, 1.54) is 0 Å². The number of carbonyl (C=O) groups is 2. The molecule has 1 unspecified atom stereocenters. The zero-order valence-electron chi connectivity index (χ0n) is 15.3. The monoisotopic (exact) mass is 359 g/mol. The first kappa shape index (κ1) is 18.4. The maximum atomic E-state index is 12.5. The molecule has 0 fully saturated rings. The molecule has 0 bridgehead atoms. The third-order valence-electron chi connectivity index (χ3n) is 4.40. The highest BCUT2D eigenvalue weighted by atomic mass is 16.5. The van der Waals surface area contributed by atoms with Gasteiger partial charge in [-0.15, -0.1) is 0 Å². The Morgan fingerprint density at radius 1 is 0.778 bits per heavy atom. The van der Waals surface area contributed by atoms with E-state index < -0.39 is 0 Å². The van der Waals surface area contributed by atoms with Gasteiger partial charge in [0.15, 0.2) is 5.78 Å². The zero-order chi connectivity index (χ0) is 19.2. The number of nitrogens with one attached hydrogen (secondary N) is 1. The van der Waals surface area contributed by atoms with Crippen LogP contribution in [0, 0.1) is 0 Å². The molecule has 0 aromatic heterocycles. The van der Waals surface area contributed by atoms with Crippen LogP contribution in [0.2, 0.25) is 0 Å². The lowest BCUT2D eigenvalue weighted by Gasteiger charge is -2.17. The van der Waals surface area contributed by atoms with E-state index in [4.69, 9.17) is 4.74 Å². The van der Waals surface area contributed by atoms with Crippen LogP contribution < -0.4 is 10.1 Å². The van der Waals surface area contributed by atoms with Crippen LogP contribution in [0.5, 0.6) is 5.75 Å². The van der Waals surface area contributed by atoms with E-state index in [0.717, 1.165) is 11.3 Å². The number of ketones is 1. The standard InChI is InChI=1S/C23H21NO3/c1-16(20-10-6-7-11-21(20)27-2)24-23(26)19-14-12-18(13-15-19)22(25)17-8-4-3-5-9-17/h3-16H,1-2H3,(H,24,26). The van der Waals surface area contributed by atoms with Crippen LogP contribution in [0.1, 0.15) is 44.8 Å². The van der Waals surface area contributed by atoms with Gasteiger partial charge in [0.05, 0.1) is 13.2 Å². The molecule has 0 spiro atoms. The van der Waals surface area contributed by atoms with E-state index >= 15 is 0 Å². The molecule has 3 rings (SSSR count). The maximum absolute atomic E-state index is 12.5. The second-order valence-electron chi connectivity index (χ2n) is 6.21. The van der Waals surface area contributed by atoms with Crippen molar-refractivity contribution in [3.05, 3.63) is 101 Å². The molecule has 0 aliphatic rings. The molecule has 0 aliphatic heterocycles. The molecule has 4 nitrogen and oxygen atoms in total. The summed E-state index contributed by atoms with van der Waals surface area (Å²) in [4.78, 5) is 25.0. The van der Waals surface area contributed by atoms with Gasteiger partial charge in [0.2, 0.25) is 0 Å². The van der Waals surface area contributed by atoms with E-state index in [-0.39, 0.29) is 17.7 Å². The van der Waals surface area contributed by atoms with Gasteiger partial charge < -0.3 is 10.1 Å². The molecule has 1 N–H and O–H groups in total. The Hall–Kier alpha value is -3.40. The Kier molecular flexibility index (Phi) is 5.67. The molecule has 3 aromatic rings. The molecule has 3 aromatic carbocycles. The lowest BCUT2D eigenvalue weighted by atomic mass is 10.0. The van der Waals surface area contributed by atoms with Crippen molar-refractivity contribution in [1.82, 2.24) is 5.32 Å². The fourth-order valence-corrected chi connectivity index (χ4v) is 2.91. The predicted molar refractivity (Wildman–Crippen MR) is 105 cm³/mol. The summed E-state index contributed by atoms with van der Waals surface area (Å²) in [7, 11) is 1.61. The minimum atomic E-state index is -0.209. The van der Waals surface area contributed by atoms with Crippen LogP contribution in [0.25, 0.3) is 0 Å². The van der Waals surface area contributed by atoms with E-state index in [1.54, 1.807) is 43.5 Å². The van der Waals surface area contributed by atoms with Gasteiger partial charge in [-0.05, 0) is 25.1 Å². The topological polar surface area (TPSA) is 55.4 Å². The third-order valence-corrected chi connectivity index (χ3v) is 4.40.